The van der Waals surface area contributed by atoms with Crippen molar-refractivity contribution in [2.75, 3.05) is 6.61 Å². The molecule has 2 aliphatic rings. The highest BCUT2D eigenvalue weighted by Crippen LogP contribution is 2.39. The maximum absolute atomic E-state index is 13.3. The van der Waals surface area contributed by atoms with E-state index in [1.165, 1.54) is 10.6 Å². The second-order valence-electron chi connectivity index (χ2n) is 11.5. The molecule has 0 amide bonds. The summed E-state index contributed by atoms with van der Waals surface area (Å²) in [7, 11) is -8.02. The molecule has 3 atom stereocenters. The Hall–Kier alpha value is -2.50. The van der Waals surface area contributed by atoms with Crippen molar-refractivity contribution >= 4 is 18.1 Å². The SMILES string of the molecule is CC(C)O[Si]1(OC(C)C)OC[C@H]2O[C@@H](n3c(-c4cccc(C#N)c4)cc(=O)[nH]c3=O)C[C@@H]2O[Si](OC(C)C)(OC(C)C)O1. The van der Waals surface area contributed by atoms with Gasteiger partial charge in [0.15, 0.2) is 0 Å². The molecule has 0 bridgehead atoms. The van der Waals surface area contributed by atoms with Crippen molar-refractivity contribution in [1.82, 2.24) is 9.55 Å². The molecule has 13 nitrogen and oxygen atoms in total. The smallest absolute Gasteiger partial charge is 0.349 e. The first kappa shape index (κ1) is 33.4. The number of aromatic amines is 1. The van der Waals surface area contributed by atoms with Crippen molar-refractivity contribution in [2.24, 2.45) is 0 Å². The zero-order valence-electron chi connectivity index (χ0n) is 25.8. The second-order valence-corrected chi connectivity index (χ2v) is 15.8. The summed E-state index contributed by atoms with van der Waals surface area (Å²) in [5.41, 5.74) is -0.0732. The third kappa shape index (κ3) is 8.16. The van der Waals surface area contributed by atoms with Crippen LogP contribution >= 0.6 is 0 Å². The molecule has 2 fully saturated rings. The van der Waals surface area contributed by atoms with Crippen molar-refractivity contribution in [2.45, 2.75) is 105 Å². The van der Waals surface area contributed by atoms with Crippen molar-refractivity contribution in [3.63, 3.8) is 0 Å². The first-order chi connectivity index (χ1) is 20.2. The van der Waals surface area contributed by atoms with E-state index in [-0.39, 0.29) is 43.1 Å². The summed E-state index contributed by atoms with van der Waals surface area (Å²) in [6.45, 7) is 14.7. The van der Waals surface area contributed by atoms with Crippen LogP contribution in [-0.4, -0.2) is 70.9 Å². The predicted octanol–water partition coefficient (Wildman–Crippen LogP) is 3.37. The van der Waals surface area contributed by atoms with Gasteiger partial charge in [-0.15, -0.1) is 0 Å². The van der Waals surface area contributed by atoms with Gasteiger partial charge >= 0.3 is 23.8 Å². The van der Waals surface area contributed by atoms with Crippen molar-refractivity contribution in [3.8, 4) is 17.3 Å². The monoisotopic (exact) mass is 635 g/mol. The lowest BCUT2D eigenvalue weighted by atomic mass is 10.1. The molecule has 43 heavy (non-hydrogen) atoms. The molecule has 1 aromatic carbocycles. The first-order valence-electron chi connectivity index (χ1n) is 14.5. The molecule has 2 aromatic rings. The highest BCUT2D eigenvalue weighted by atomic mass is 28.5. The average Bonchev–Trinajstić information content (AvgIpc) is 3.25. The molecule has 1 aromatic heterocycles. The number of benzene rings is 1. The van der Waals surface area contributed by atoms with Crippen LogP contribution in [-0.2, 0) is 35.4 Å². The van der Waals surface area contributed by atoms with Crippen molar-refractivity contribution in [3.05, 3.63) is 56.7 Å². The topological polar surface area (TPSA) is 152 Å². The fourth-order valence-corrected chi connectivity index (χ4v) is 11.0. The molecule has 236 valence electrons. The summed E-state index contributed by atoms with van der Waals surface area (Å²) in [5, 5.41) is 9.43. The van der Waals surface area contributed by atoms with Crippen LogP contribution in [0.4, 0.5) is 0 Å². The molecular formula is C28H41N3O10Si2. The molecular weight excluding hydrogens is 594 g/mol. The molecule has 0 saturated carbocycles. The van der Waals surface area contributed by atoms with Gasteiger partial charge in [0, 0.05) is 36.9 Å². The maximum Gasteiger partial charge on any atom is 0.674 e. The van der Waals surface area contributed by atoms with E-state index in [2.05, 4.69) is 11.1 Å². The number of ether oxygens (including phenoxy) is 1. The van der Waals surface area contributed by atoms with E-state index >= 15 is 0 Å². The number of hydrogen-bond donors (Lipinski definition) is 1. The quantitative estimate of drug-likeness (QED) is 0.383. The maximum atomic E-state index is 13.3. The van der Waals surface area contributed by atoms with Gasteiger partial charge in [-0.25, -0.2) is 4.79 Å². The minimum Gasteiger partial charge on any atom is -0.349 e. The number of H-pyrrole nitrogens is 1. The van der Waals surface area contributed by atoms with Crippen LogP contribution in [0.3, 0.4) is 0 Å². The van der Waals surface area contributed by atoms with Crippen LogP contribution in [0.1, 0.15) is 73.6 Å². The van der Waals surface area contributed by atoms with Gasteiger partial charge in [0.1, 0.15) is 12.3 Å². The third-order valence-corrected chi connectivity index (χ3v) is 12.4. The van der Waals surface area contributed by atoms with Gasteiger partial charge in [-0.3, -0.25) is 14.3 Å². The lowest BCUT2D eigenvalue weighted by Crippen LogP contribution is -2.67. The van der Waals surface area contributed by atoms with Gasteiger partial charge in [0.2, 0.25) is 0 Å². The lowest BCUT2D eigenvalue weighted by molar-refractivity contribution is -0.144. The number of fused-ring (bicyclic) bond motifs is 1. The van der Waals surface area contributed by atoms with E-state index in [1.54, 1.807) is 24.3 Å². The Morgan fingerprint density at radius 2 is 1.51 bits per heavy atom. The van der Waals surface area contributed by atoms with E-state index in [4.69, 9.17) is 35.4 Å². The Morgan fingerprint density at radius 1 is 0.907 bits per heavy atom. The van der Waals surface area contributed by atoms with Crippen LogP contribution in [0.25, 0.3) is 11.3 Å². The molecule has 3 heterocycles. The minimum atomic E-state index is -4.06. The number of nitriles is 1. The van der Waals surface area contributed by atoms with E-state index in [0.29, 0.717) is 11.1 Å². The summed E-state index contributed by atoms with van der Waals surface area (Å²) >= 11 is 0. The molecule has 0 radical (unpaired) electrons. The number of nitrogens with zero attached hydrogens (tertiary/aromatic N) is 2. The molecule has 0 unspecified atom stereocenters. The van der Waals surface area contributed by atoms with Crippen molar-refractivity contribution in [1.29, 1.82) is 5.26 Å². The lowest BCUT2D eigenvalue weighted by Gasteiger charge is -2.42. The van der Waals surface area contributed by atoms with Gasteiger partial charge in [-0.1, -0.05) is 12.1 Å². The Morgan fingerprint density at radius 3 is 2.09 bits per heavy atom. The number of rotatable bonds is 10. The molecule has 2 aliphatic heterocycles. The van der Waals surface area contributed by atoms with Crippen LogP contribution in [0.5, 0.6) is 0 Å². The number of hydrogen-bond acceptors (Lipinski definition) is 11. The van der Waals surface area contributed by atoms with E-state index < -0.39 is 47.8 Å². The Kier molecular flexibility index (Phi) is 10.6. The van der Waals surface area contributed by atoms with Crippen LogP contribution in [0, 0.1) is 11.3 Å². The summed E-state index contributed by atoms with van der Waals surface area (Å²) in [4.78, 5) is 28.0. The molecule has 2 saturated heterocycles. The highest BCUT2D eigenvalue weighted by molar-refractivity contribution is 6.68. The minimum absolute atomic E-state index is 0.0297. The Balaban J connectivity index is 1.79. The van der Waals surface area contributed by atoms with Gasteiger partial charge in [-0.2, -0.15) is 5.26 Å². The average molecular weight is 636 g/mol. The van der Waals surface area contributed by atoms with Crippen LogP contribution in [0.2, 0.25) is 0 Å². The van der Waals surface area contributed by atoms with E-state index in [0.717, 1.165) is 0 Å². The fourth-order valence-electron chi connectivity index (χ4n) is 4.90. The van der Waals surface area contributed by atoms with Gasteiger partial charge in [0.05, 0.1) is 30.0 Å². The predicted molar refractivity (Wildman–Crippen MR) is 158 cm³/mol. The molecule has 1 N–H and O–H groups in total. The van der Waals surface area contributed by atoms with Crippen molar-refractivity contribution < 1.29 is 35.4 Å². The molecule has 0 spiro atoms. The van der Waals surface area contributed by atoms with Gasteiger partial charge in [0.25, 0.3) is 5.56 Å². The largest absolute Gasteiger partial charge is 0.674 e. The first-order valence-corrected chi connectivity index (χ1v) is 17.8. The molecule has 0 aliphatic carbocycles. The van der Waals surface area contributed by atoms with Gasteiger partial charge < -0.3 is 35.4 Å². The molecule has 15 heteroatoms. The van der Waals surface area contributed by atoms with Gasteiger partial charge in [-0.05, 0) is 73.1 Å². The Bertz CT molecular complexity index is 1400. The normalized spacial score (nSPS) is 23.4. The molecule has 4 rings (SSSR count). The number of nitrogens with one attached hydrogen (secondary N) is 1. The van der Waals surface area contributed by atoms with Crippen LogP contribution < -0.4 is 11.2 Å². The van der Waals surface area contributed by atoms with Crippen LogP contribution in [0.15, 0.2) is 39.9 Å². The fraction of sp³-hybridized carbons (Fsp3) is 0.607. The third-order valence-electron chi connectivity index (χ3n) is 6.22. The summed E-state index contributed by atoms with van der Waals surface area (Å²) in [5.74, 6) is 0. The zero-order chi connectivity index (χ0) is 31.5. The second kappa shape index (κ2) is 13.6. The zero-order valence-corrected chi connectivity index (χ0v) is 27.8. The number of aromatic nitrogens is 2. The summed E-state index contributed by atoms with van der Waals surface area (Å²) in [6, 6.07) is 10.0. The standard InChI is InChI=1S/C28H41N3O10Si2/c1-17(2)36-42(37-18(3)4)34-16-25-24(40-43(41-42,38-19(5)6)39-20(7)8)14-27(35-25)31-23(13-26(32)30-28(31)33)22-11-9-10-21(12-22)15-29/h9-13,17-20,24-25,27H,14,16H2,1-8H3,(H,30,32,33)/t24-,25+,27+/m0/s1. The van der Waals surface area contributed by atoms with E-state index in [9.17, 15) is 14.9 Å². The summed E-state index contributed by atoms with van der Waals surface area (Å²) < 4.78 is 52.4. The summed E-state index contributed by atoms with van der Waals surface area (Å²) in [6.07, 6.45) is -3.45. The highest BCUT2D eigenvalue weighted by Gasteiger charge is 2.65. The van der Waals surface area contributed by atoms with E-state index in [1.807, 2.05) is 55.4 Å². The Labute approximate surface area is 253 Å².